The molecule has 0 amide bonds. The first-order valence-corrected chi connectivity index (χ1v) is 10.8. The third kappa shape index (κ3) is 2.58. The molecule has 2 aromatic rings. The van der Waals surface area contributed by atoms with Gasteiger partial charge in [-0.3, -0.25) is 0 Å². The van der Waals surface area contributed by atoms with Gasteiger partial charge in [-0.2, -0.15) is 0 Å². The summed E-state index contributed by atoms with van der Waals surface area (Å²) < 4.78 is 6.77. The van der Waals surface area contributed by atoms with Crippen molar-refractivity contribution in [2.45, 2.75) is 43.6 Å². The molecule has 2 aromatic carbocycles. The van der Waals surface area contributed by atoms with Crippen LogP contribution in [0.4, 0.5) is 0 Å². The second kappa shape index (κ2) is 5.77. The zero-order valence-electron chi connectivity index (χ0n) is 14.7. The summed E-state index contributed by atoms with van der Waals surface area (Å²) in [5.41, 5.74) is 2.37. The Hall–Kier alpha value is -1.08. The van der Waals surface area contributed by atoms with Gasteiger partial charge in [-0.05, 0) is 0 Å². The Morgan fingerprint density at radius 2 is 1.30 bits per heavy atom. The molecule has 1 saturated heterocycles. The topological polar surface area (TPSA) is 9.23 Å². The molecule has 1 fully saturated rings. The fraction of sp³-hybridized carbons (Fsp3) is 0.429. The molecule has 2 heteroatoms. The zero-order valence-corrected chi connectivity index (χ0v) is 16.4. The van der Waals surface area contributed by atoms with Crippen molar-refractivity contribution >= 4 is 15.0 Å². The van der Waals surface area contributed by atoms with Crippen LogP contribution in [-0.2, 0) is 10.3 Å². The summed E-state index contributed by atoms with van der Waals surface area (Å²) in [6.07, 6.45) is 0. The van der Waals surface area contributed by atoms with E-state index in [-0.39, 0.29) is 15.5 Å². The molecule has 0 aromatic heterocycles. The monoisotopic (exact) mass is 374 g/mol. The predicted molar refractivity (Wildman–Crippen MR) is 97.7 cm³/mol. The first-order valence-electron chi connectivity index (χ1n) is 8.21. The molecule has 0 aliphatic carbocycles. The summed E-state index contributed by atoms with van der Waals surface area (Å²) in [6.45, 7) is 9.35. The van der Waals surface area contributed by atoms with Crippen molar-refractivity contribution in [3.05, 3.63) is 71.8 Å². The quantitative estimate of drug-likeness (QED) is 0.681. The minimum absolute atomic E-state index is 0.0308. The van der Waals surface area contributed by atoms with E-state index in [4.69, 9.17) is 4.74 Å². The van der Waals surface area contributed by atoms with Crippen LogP contribution < -0.4 is 0 Å². The summed E-state index contributed by atoms with van der Waals surface area (Å²) in [6, 6.07) is 21.5. The summed E-state index contributed by atoms with van der Waals surface area (Å²) >= 11 is 0.429. The van der Waals surface area contributed by atoms with Gasteiger partial charge in [0.2, 0.25) is 0 Å². The van der Waals surface area contributed by atoms with Gasteiger partial charge in [0.05, 0.1) is 0 Å². The van der Waals surface area contributed by atoms with E-state index in [1.54, 1.807) is 0 Å². The predicted octanol–water partition coefficient (Wildman–Crippen LogP) is 5.09. The van der Waals surface area contributed by atoms with E-state index in [1.807, 2.05) is 0 Å². The third-order valence-electron chi connectivity index (χ3n) is 4.97. The van der Waals surface area contributed by atoms with Crippen molar-refractivity contribution in [3.63, 3.8) is 0 Å². The van der Waals surface area contributed by atoms with Gasteiger partial charge in [0, 0.05) is 0 Å². The maximum atomic E-state index is 6.80. The molecule has 0 saturated carbocycles. The number of hydrogen-bond acceptors (Lipinski definition) is 1. The van der Waals surface area contributed by atoms with Crippen LogP contribution in [0.5, 0.6) is 0 Å². The average molecular weight is 373 g/mol. The molecular formula is C21H26OSe. The van der Waals surface area contributed by atoms with Gasteiger partial charge in [0.1, 0.15) is 0 Å². The van der Waals surface area contributed by atoms with Crippen LogP contribution in [-0.4, -0.2) is 19.5 Å². The van der Waals surface area contributed by atoms with E-state index < -0.39 is 0 Å². The first-order chi connectivity index (χ1) is 10.8. The van der Waals surface area contributed by atoms with E-state index in [1.165, 1.54) is 11.1 Å². The van der Waals surface area contributed by atoms with Crippen LogP contribution in [0.2, 0.25) is 5.82 Å². The molecule has 0 radical (unpaired) electrons. The molecule has 3 rings (SSSR count). The Morgan fingerprint density at radius 1 is 0.870 bits per heavy atom. The molecule has 2 unspecified atom stereocenters. The van der Waals surface area contributed by atoms with Crippen LogP contribution in [0.15, 0.2) is 60.7 Å². The molecule has 1 nitrogen and oxygen atoms in total. The minimum atomic E-state index is -0.340. The van der Waals surface area contributed by atoms with E-state index in [9.17, 15) is 0 Å². The molecule has 23 heavy (non-hydrogen) atoms. The van der Waals surface area contributed by atoms with Crippen molar-refractivity contribution in [1.29, 1.82) is 0 Å². The summed E-state index contributed by atoms with van der Waals surface area (Å²) in [5, 5.41) is 0. The summed E-state index contributed by atoms with van der Waals surface area (Å²) in [4.78, 5) is 0. The van der Waals surface area contributed by atoms with Crippen LogP contribution in [0.25, 0.3) is 0 Å². The summed E-state index contributed by atoms with van der Waals surface area (Å²) in [5.74, 6) is 2.74. The number of rotatable bonds is 3. The van der Waals surface area contributed by atoms with Crippen molar-refractivity contribution in [3.8, 4) is 0 Å². The standard InChI is InChI=1S/C21H26OSe/c1-19(2,3)18-20(4,23-5)22-21(18,16-12-8-6-9-13-16)17-14-10-7-11-15-17/h6-15,18H,1-5H3. The summed E-state index contributed by atoms with van der Waals surface area (Å²) in [7, 11) is 0. The van der Waals surface area contributed by atoms with Gasteiger partial charge >= 0.3 is 146 Å². The van der Waals surface area contributed by atoms with Gasteiger partial charge in [-0.25, -0.2) is 0 Å². The molecule has 1 aliphatic heterocycles. The van der Waals surface area contributed by atoms with Crippen molar-refractivity contribution in [2.24, 2.45) is 11.3 Å². The van der Waals surface area contributed by atoms with Gasteiger partial charge in [-0.1, -0.05) is 0 Å². The number of benzene rings is 2. The van der Waals surface area contributed by atoms with Gasteiger partial charge in [0.25, 0.3) is 0 Å². The molecule has 0 bridgehead atoms. The van der Waals surface area contributed by atoms with Gasteiger partial charge in [-0.15, -0.1) is 0 Å². The average Bonchev–Trinajstić information content (AvgIpc) is 2.52. The molecule has 1 heterocycles. The molecule has 2 atom stereocenters. The maximum absolute atomic E-state index is 6.80. The second-order valence-corrected chi connectivity index (χ2v) is 10.1. The zero-order chi connectivity index (χ0) is 16.7. The van der Waals surface area contributed by atoms with Crippen LogP contribution in [0.1, 0.15) is 38.8 Å². The van der Waals surface area contributed by atoms with Crippen molar-refractivity contribution in [1.82, 2.24) is 0 Å². The first kappa shape index (κ1) is 16.8. The number of hydrogen-bond donors (Lipinski definition) is 0. The van der Waals surface area contributed by atoms with Gasteiger partial charge < -0.3 is 0 Å². The Bertz CT molecular complexity index is 620. The van der Waals surface area contributed by atoms with Crippen LogP contribution in [0.3, 0.4) is 0 Å². The fourth-order valence-electron chi connectivity index (χ4n) is 4.29. The molecule has 0 N–H and O–H groups in total. The molecule has 122 valence electrons. The third-order valence-corrected chi connectivity index (χ3v) is 7.34. The van der Waals surface area contributed by atoms with Crippen LogP contribution >= 0.6 is 0 Å². The molecule has 1 aliphatic rings. The Labute approximate surface area is 146 Å². The second-order valence-electron chi connectivity index (χ2n) is 7.59. The van der Waals surface area contributed by atoms with Gasteiger partial charge in [0.15, 0.2) is 0 Å². The van der Waals surface area contributed by atoms with Crippen LogP contribution in [0, 0.1) is 11.3 Å². The Kier molecular flexibility index (Phi) is 4.21. The van der Waals surface area contributed by atoms with Crippen molar-refractivity contribution in [2.75, 3.05) is 0 Å². The Morgan fingerprint density at radius 3 is 1.65 bits per heavy atom. The SMILES string of the molecule is C[Se]C1(C)OC(c2ccccc2)(c2ccccc2)C1C(C)(C)C. The van der Waals surface area contributed by atoms with Crippen molar-refractivity contribution < 1.29 is 4.74 Å². The molecular weight excluding hydrogens is 347 g/mol. The fourth-order valence-corrected chi connectivity index (χ4v) is 6.33. The number of ether oxygens (including phenoxy) is 1. The van der Waals surface area contributed by atoms with E-state index in [0.29, 0.717) is 20.9 Å². The molecule has 0 spiro atoms. The Balaban J connectivity index is 2.23. The van der Waals surface area contributed by atoms with E-state index in [2.05, 4.69) is 94.2 Å². The normalized spacial score (nSPS) is 26.6. The van der Waals surface area contributed by atoms with E-state index >= 15 is 0 Å². The van der Waals surface area contributed by atoms with E-state index in [0.717, 1.165) is 0 Å².